The third kappa shape index (κ3) is 3.09. The molecule has 0 aliphatic carbocycles. The largest absolute Gasteiger partial charge is 0.495 e. The molecule has 1 aromatic heterocycles. The molecule has 4 nitrogen and oxygen atoms in total. The van der Waals surface area contributed by atoms with Crippen LogP contribution in [0.5, 0.6) is 5.75 Å². The van der Waals surface area contributed by atoms with Crippen LogP contribution in [0, 0.1) is 5.82 Å². The Morgan fingerprint density at radius 2 is 1.81 bits per heavy atom. The molecular weight excluding hydrogens is 392 g/mol. The first-order valence-corrected chi connectivity index (χ1v) is 8.68. The van der Waals surface area contributed by atoms with Crippen molar-refractivity contribution in [3.05, 3.63) is 70.0 Å². The lowest BCUT2D eigenvalue weighted by Crippen LogP contribution is -2.13. The van der Waals surface area contributed by atoms with Gasteiger partial charge >= 0.3 is 0 Å². The molecule has 4 rings (SSSR count). The Hall–Kier alpha value is -2.76. The van der Waals surface area contributed by atoms with E-state index in [1.807, 2.05) is 24.3 Å². The minimum absolute atomic E-state index is 0.0367. The molecule has 0 spiro atoms. The van der Waals surface area contributed by atoms with E-state index in [9.17, 15) is 9.18 Å². The number of halogens is 3. The second kappa shape index (κ2) is 6.76. The number of nitrogens with one attached hydrogen (secondary N) is 1. The zero-order chi connectivity index (χ0) is 19.1. The summed E-state index contributed by atoms with van der Waals surface area (Å²) in [6.45, 7) is 0. The van der Waals surface area contributed by atoms with E-state index in [1.54, 1.807) is 12.1 Å². The predicted octanol–water partition coefficient (Wildman–Crippen LogP) is 6.29. The molecule has 7 heteroatoms. The average Bonchev–Trinajstić information content (AvgIpc) is 3.01. The van der Waals surface area contributed by atoms with Crippen molar-refractivity contribution in [2.45, 2.75) is 0 Å². The second-order valence-corrected chi connectivity index (χ2v) is 6.66. The van der Waals surface area contributed by atoms with Crippen LogP contribution in [0.25, 0.3) is 21.9 Å². The predicted molar refractivity (Wildman–Crippen MR) is 105 cm³/mol. The van der Waals surface area contributed by atoms with E-state index >= 15 is 0 Å². The maximum absolute atomic E-state index is 13.7. The Morgan fingerprint density at radius 3 is 2.59 bits per heavy atom. The molecule has 27 heavy (non-hydrogen) atoms. The van der Waals surface area contributed by atoms with E-state index in [2.05, 4.69) is 5.32 Å². The summed E-state index contributed by atoms with van der Waals surface area (Å²) in [6.07, 6.45) is 0. The molecule has 1 amide bonds. The number of para-hydroxylation sites is 1. The Morgan fingerprint density at radius 1 is 1.04 bits per heavy atom. The molecule has 0 fully saturated rings. The van der Waals surface area contributed by atoms with Gasteiger partial charge in [-0.05, 0) is 24.3 Å². The number of rotatable bonds is 3. The van der Waals surface area contributed by atoms with E-state index < -0.39 is 11.7 Å². The van der Waals surface area contributed by atoms with E-state index in [0.717, 1.165) is 22.4 Å². The second-order valence-electron chi connectivity index (χ2n) is 5.85. The van der Waals surface area contributed by atoms with Gasteiger partial charge < -0.3 is 14.5 Å². The summed E-state index contributed by atoms with van der Waals surface area (Å²) in [7, 11) is 1.49. The first-order valence-electron chi connectivity index (χ1n) is 7.93. The highest BCUT2D eigenvalue weighted by atomic mass is 35.5. The molecule has 0 bridgehead atoms. The summed E-state index contributed by atoms with van der Waals surface area (Å²) in [5.74, 6) is -0.886. The van der Waals surface area contributed by atoms with E-state index in [1.165, 1.54) is 13.2 Å². The minimum Gasteiger partial charge on any atom is -0.495 e. The Kier molecular flexibility index (Phi) is 4.42. The number of hydrogen-bond acceptors (Lipinski definition) is 3. The van der Waals surface area contributed by atoms with Gasteiger partial charge in [-0.15, -0.1) is 0 Å². The van der Waals surface area contributed by atoms with Crippen LogP contribution in [-0.2, 0) is 0 Å². The van der Waals surface area contributed by atoms with Crippen molar-refractivity contribution in [1.29, 1.82) is 0 Å². The normalized spacial score (nSPS) is 11.1. The Labute approximate surface area is 163 Å². The van der Waals surface area contributed by atoms with Crippen LogP contribution in [0.3, 0.4) is 0 Å². The van der Waals surface area contributed by atoms with Crippen LogP contribution in [0.15, 0.2) is 52.9 Å². The lowest BCUT2D eigenvalue weighted by Gasteiger charge is -2.11. The molecule has 0 saturated heterocycles. The number of furan rings is 1. The minimum atomic E-state index is -0.731. The fourth-order valence-electron chi connectivity index (χ4n) is 2.90. The molecule has 0 aliphatic heterocycles. The monoisotopic (exact) mass is 403 g/mol. The van der Waals surface area contributed by atoms with Crippen molar-refractivity contribution < 1.29 is 18.3 Å². The fraction of sp³-hybridized carbons (Fsp3) is 0.0500. The van der Waals surface area contributed by atoms with Gasteiger partial charge in [0.25, 0.3) is 5.91 Å². The van der Waals surface area contributed by atoms with Gasteiger partial charge in [-0.25, -0.2) is 4.39 Å². The zero-order valence-corrected chi connectivity index (χ0v) is 15.5. The van der Waals surface area contributed by atoms with Gasteiger partial charge in [0.15, 0.2) is 0 Å². The number of anilines is 1. The van der Waals surface area contributed by atoms with Crippen LogP contribution >= 0.6 is 23.2 Å². The lowest BCUT2D eigenvalue weighted by molar-refractivity contribution is 0.102. The lowest BCUT2D eigenvalue weighted by atomic mass is 10.1. The van der Waals surface area contributed by atoms with Crippen LogP contribution in [0.2, 0.25) is 10.0 Å². The number of benzene rings is 3. The standard InChI is InChI=1S/C20H12Cl2FNO3/c1-26-19-7-11-10-4-2-3-5-17(10)27-18(11)9-16(19)24-20(25)12-6-15(23)14(22)8-13(12)21/h2-9H,1H3,(H,24,25). The molecule has 1 heterocycles. The summed E-state index contributed by atoms with van der Waals surface area (Å²) in [6, 6.07) is 13.2. The smallest absolute Gasteiger partial charge is 0.257 e. The summed E-state index contributed by atoms with van der Waals surface area (Å²) in [4.78, 5) is 12.6. The van der Waals surface area contributed by atoms with Crippen LogP contribution < -0.4 is 10.1 Å². The van der Waals surface area contributed by atoms with Crippen molar-refractivity contribution >= 4 is 56.7 Å². The van der Waals surface area contributed by atoms with Crippen molar-refractivity contribution in [2.24, 2.45) is 0 Å². The third-order valence-electron chi connectivity index (χ3n) is 4.20. The third-order valence-corrected chi connectivity index (χ3v) is 4.80. The molecule has 0 atom stereocenters. The Bertz CT molecular complexity index is 1200. The van der Waals surface area contributed by atoms with Crippen molar-refractivity contribution in [3.8, 4) is 5.75 Å². The summed E-state index contributed by atoms with van der Waals surface area (Å²) in [5.41, 5.74) is 1.65. The Balaban J connectivity index is 1.78. The molecule has 1 N–H and O–H groups in total. The molecule has 0 saturated carbocycles. The van der Waals surface area contributed by atoms with Gasteiger partial charge in [0.2, 0.25) is 0 Å². The van der Waals surface area contributed by atoms with Gasteiger partial charge in [0, 0.05) is 16.8 Å². The number of methoxy groups -OCH3 is 1. The number of fused-ring (bicyclic) bond motifs is 3. The van der Waals surface area contributed by atoms with Gasteiger partial charge in [-0.2, -0.15) is 0 Å². The molecule has 4 aromatic rings. The highest BCUT2D eigenvalue weighted by Crippen LogP contribution is 2.36. The zero-order valence-electron chi connectivity index (χ0n) is 14.0. The summed E-state index contributed by atoms with van der Waals surface area (Å²) < 4.78 is 24.9. The fourth-order valence-corrected chi connectivity index (χ4v) is 3.37. The highest BCUT2D eigenvalue weighted by molar-refractivity contribution is 6.37. The molecule has 3 aromatic carbocycles. The van der Waals surface area contributed by atoms with Gasteiger partial charge in [-0.3, -0.25) is 4.79 Å². The van der Waals surface area contributed by atoms with Gasteiger partial charge in [-0.1, -0.05) is 41.4 Å². The van der Waals surface area contributed by atoms with Crippen LogP contribution in [-0.4, -0.2) is 13.0 Å². The summed E-state index contributed by atoms with van der Waals surface area (Å²) in [5, 5.41) is 4.37. The first kappa shape index (κ1) is 17.6. The molecule has 136 valence electrons. The number of amides is 1. The maximum atomic E-state index is 13.7. The van der Waals surface area contributed by atoms with Gasteiger partial charge in [0.1, 0.15) is 22.7 Å². The van der Waals surface area contributed by atoms with Crippen LogP contribution in [0.1, 0.15) is 10.4 Å². The van der Waals surface area contributed by atoms with Gasteiger partial charge in [0.05, 0.1) is 28.4 Å². The number of carbonyl (C=O) groups excluding carboxylic acids is 1. The molecule has 0 unspecified atom stereocenters. The van der Waals surface area contributed by atoms with Crippen molar-refractivity contribution in [1.82, 2.24) is 0 Å². The quantitative estimate of drug-likeness (QED) is 0.408. The highest BCUT2D eigenvalue weighted by Gasteiger charge is 2.18. The number of hydrogen-bond donors (Lipinski definition) is 1. The average molecular weight is 404 g/mol. The topological polar surface area (TPSA) is 51.5 Å². The molecular formula is C20H12Cl2FNO3. The van der Waals surface area contributed by atoms with Crippen molar-refractivity contribution in [2.75, 3.05) is 12.4 Å². The maximum Gasteiger partial charge on any atom is 0.257 e. The SMILES string of the molecule is COc1cc2c(cc1NC(=O)c1cc(F)c(Cl)cc1Cl)oc1ccccc12. The summed E-state index contributed by atoms with van der Waals surface area (Å²) >= 11 is 11.7. The van der Waals surface area contributed by atoms with E-state index in [-0.39, 0.29) is 15.6 Å². The number of carbonyl (C=O) groups is 1. The first-order chi connectivity index (χ1) is 13.0. The molecule has 0 radical (unpaired) electrons. The molecule has 0 aliphatic rings. The van der Waals surface area contributed by atoms with E-state index in [0.29, 0.717) is 17.0 Å². The number of ether oxygens (including phenoxy) is 1. The van der Waals surface area contributed by atoms with Crippen LogP contribution in [0.4, 0.5) is 10.1 Å². The van der Waals surface area contributed by atoms with E-state index in [4.69, 9.17) is 32.4 Å². The van der Waals surface area contributed by atoms with Crippen molar-refractivity contribution in [3.63, 3.8) is 0 Å².